The zero-order chi connectivity index (χ0) is 22.6. The van der Waals surface area contributed by atoms with E-state index in [1.807, 2.05) is 54.6 Å². The number of fused-ring (bicyclic) bond motifs is 2. The second-order valence-electron chi connectivity index (χ2n) is 7.52. The smallest absolute Gasteiger partial charge is 0.323 e. The van der Waals surface area contributed by atoms with Crippen LogP contribution in [0.2, 0.25) is 0 Å². The van der Waals surface area contributed by atoms with Gasteiger partial charge in [-0.1, -0.05) is 24.3 Å². The highest BCUT2D eigenvalue weighted by Gasteiger charge is 2.19. The van der Waals surface area contributed by atoms with E-state index in [-0.39, 0.29) is 6.03 Å². The van der Waals surface area contributed by atoms with Gasteiger partial charge in [0.2, 0.25) is 0 Å². The van der Waals surface area contributed by atoms with Crippen molar-refractivity contribution in [1.82, 2.24) is 9.97 Å². The maximum atomic E-state index is 12.3. The summed E-state index contributed by atoms with van der Waals surface area (Å²) in [5.41, 5.74) is 5.45. The average Bonchev–Trinajstić information content (AvgIpc) is 2.84. The number of hydrogen-bond acceptors (Lipinski definition) is 6. The van der Waals surface area contributed by atoms with E-state index in [0.717, 1.165) is 35.0 Å². The van der Waals surface area contributed by atoms with Crippen molar-refractivity contribution in [1.29, 1.82) is 0 Å². The molecular weight excluding hydrogens is 416 g/mol. The number of methoxy groups -OCH3 is 1. The van der Waals surface area contributed by atoms with Gasteiger partial charge in [0.05, 0.1) is 7.11 Å². The predicted molar refractivity (Wildman–Crippen MR) is 130 cm³/mol. The maximum Gasteiger partial charge on any atom is 0.323 e. The molecule has 8 heteroatoms. The molecule has 33 heavy (non-hydrogen) atoms. The van der Waals surface area contributed by atoms with Crippen LogP contribution < -0.4 is 26.0 Å². The first-order valence-corrected chi connectivity index (χ1v) is 10.5. The van der Waals surface area contributed by atoms with Gasteiger partial charge in [-0.05, 0) is 48.0 Å². The Morgan fingerprint density at radius 2 is 1.70 bits per heavy atom. The summed E-state index contributed by atoms with van der Waals surface area (Å²) in [4.78, 5) is 21.1. The number of nitrogens with zero attached hydrogens (tertiary/aromatic N) is 2. The van der Waals surface area contributed by atoms with Gasteiger partial charge in [0.25, 0.3) is 0 Å². The zero-order valence-electron chi connectivity index (χ0n) is 17.9. The number of hydrogen-bond donors (Lipinski definition) is 4. The molecule has 0 atom stereocenters. The number of rotatable bonds is 5. The number of benzene rings is 3. The van der Waals surface area contributed by atoms with Gasteiger partial charge in [0.15, 0.2) is 0 Å². The van der Waals surface area contributed by atoms with Crippen molar-refractivity contribution in [3.05, 3.63) is 90.3 Å². The Bertz CT molecular complexity index is 1310. The summed E-state index contributed by atoms with van der Waals surface area (Å²) in [5, 5.41) is 12.4. The van der Waals surface area contributed by atoms with Crippen LogP contribution in [0.1, 0.15) is 11.1 Å². The number of carbonyl (C=O) groups excluding carboxylic acids is 1. The molecule has 3 aromatic carbocycles. The Kier molecular flexibility index (Phi) is 5.47. The number of amides is 2. The highest BCUT2D eigenvalue weighted by molar-refractivity contribution is 6.00. The quantitative estimate of drug-likeness (QED) is 0.288. The molecule has 0 saturated heterocycles. The first kappa shape index (κ1) is 20.3. The lowest BCUT2D eigenvalue weighted by molar-refractivity contribution is 0.262. The Labute approximate surface area is 191 Å². The molecule has 0 unspecified atom stereocenters. The van der Waals surface area contributed by atoms with Crippen molar-refractivity contribution in [3.63, 3.8) is 0 Å². The minimum absolute atomic E-state index is 0.335. The molecule has 0 aliphatic carbocycles. The first-order chi connectivity index (χ1) is 16.2. The molecule has 1 aliphatic heterocycles. The highest BCUT2D eigenvalue weighted by Crippen LogP contribution is 2.35. The maximum absolute atomic E-state index is 12.3. The summed E-state index contributed by atoms with van der Waals surface area (Å²) >= 11 is 0. The summed E-state index contributed by atoms with van der Waals surface area (Å²) in [7, 11) is 1.58. The van der Waals surface area contributed by atoms with Gasteiger partial charge in [-0.3, -0.25) is 0 Å². The molecule has 0 radical (unpaired) electrons. The van der Waals surface area contributed by atoms with Crippen molar-refractivity contribution < 1.29 is 9.53 Å². The molecule has 2 heterocycles. The SMILES string of the molecule is COc1cccc(NC(=O)Nc2ccc(Nc3ncnc4c3Cc3ccccc3N4)cc2)c1. The Morgan fingerprint density at radius 3 is 2.55 bits per heavy atom. The second-order valence-corrected chi connectivity index (χ2v) is 7.52. The number of nitrogens with one attached hydrogen (secondary N) is 4. The van der Waals surface area contributed by atoms with Crippen LogP contribution in [0.3, 0.4) is 0 Å². The fourth-order valence-corrected chi connectivity index (χ4v) is 3.68. The summed E-state index contributed by atoms with van der Waals surface area (Å²) < 4.78 is 5.18. The molecule has 0 spiro atoms. The average molecular weight is 438 g/mol. The van der Waals surface area contributed by atoms with Gasteiger partial charge in [-0.15, -0.1) is 0 Å². The van der Waals surface area contributed by atoms with E-state index < -0.39 is 0 Å². The topological polar surface area (TPSA) is 100 Å². The molecule has 4 aromatic rings. The normalized spacial score (nSPS) is 11.4. The molecule has 1 aromatic heterocycles. The molecule has 0 fully saturated rings. The number of anilines is 6. The monoisotopic (exact) mass is 438 g/mol. The van der Waals surface area contributed by atoms with Crippen LogP contribution in [0.5, 0.6) is 5.75 Å². The van der Waals surface area contributed by atoms with Crippen LogP contribution in [0.4, 0.5) is 39.2 Å². The predicted octanol–water partition coefficient (Wildman–Crippen LogP) is 5.52. The molecular formula is C25H22N6O2. The lowest BCUT2D eigenvalue weighted by Crippen LogP contribution is -2.19. The van der Waals surface area contributed by atoms with E-state index in [2.05, 4.69) is 37.3 Å². The molecule has 1 aliphatic rings. The number of para-hydroxylation sites is 1. The van der Waals surface area contributed by atoms with Crippen molar-refractivity contribution in [3.8, 4) is 5.75 Å². The minimum atomic E-state index is -0.335. The highest BCUT2D eigenvalue weighted by atomic mass is 16.5. The largest absolute Gasteiger partial charge is 0.497 e. The van der Waals surface area contributed by atoms with Crippen LogP contribution in [-0.4, -0.2) is 23.1 Å². The molecule has 164 valence electrons. The summed E-state index contributed by atoms with van der Waals surface area (Å²) in [5.74, 6) is 2.23. The van der Waals surface area contributed by atoms with E-state index in [9.17, 15) is 4.79 Å². The summed E-state index contributed by atoms with van der Waals surface area (Å²) in [6, 6.07) is 22.5. The van der Waals surface area contributed by atoms with Crippen LogP contribution in [-0.2, 0) is 6.42 Å². The van der Waals surface area contributed by atoms with E-state index in [1.165, 1.54) is 5.56 Å². The van der Waals surface area contributed by atoms with Gasteiger partial charge in [-0.25, -0.2) is 14.8 Å². The fraction of sp³-hybridized carbons (Fsp3) is 0.0800. The number of ether oxygens (including phenoxy) is 1. The standard InChI is InChI=1S/C25H22N6O2/c1-33-20-7-4-6-19(14-20)30-25(32)29-18-11-9-17(10-12-18)28-23-21-13-16-5-2-3-8-22(16)31-24(21)27-15-26-23/h2-12,14-15H,13H2,1H3,(H2,29,30,32)(H2,26,27,28,31). The van der Waals surface area contributed by atoms with E-state index in [4.69, 9.17) is 4.74 Å². The van der Waals surface area contributed by atoms with Crippen LogP contribution in [0, 0.1) is 0 Å². The lowest BCUT2D eigenvalue weighted by atomic mass is 10.00. The summed E-state index contributed by atoms with van der Waals surface area (Å²) in [6.45, 7) is 0. The zero-order valence-corrected chi connectivity index (χ0v) is 17.9. The van der Waals surface area contributed by atoms with E-state index in [1.54, 1.807) is 25.6 Å². The van der Waals surface area contributed by atoms with Gasteiger partial charge >= 0.3 is 6.03 Å². The summed E-state index contributed by atoms with van der Waals surface area (Å²) in [6.07, 6.45) is 2.28. The van der Waals surface area contributed by atoms with Crippen molar-refractivity contribution in [2.24, 2.45) is 0 Å². The Hall–Kier alpha value is -4.59. The number of urea groups is 1. The molecule has 5 rings (SSSR count). The minimum Gasteiger partial charge on any atom is -0.497 e. The van der Waals surface area contributed by atoms with Gasteiger partial charge in [0.1, 0.15) is 23.7 Å². The number of carbonyl (C=O) groups is 1. The third kappa shape index (κ3) is 4.54. The van der Waals surface area contributed by atoms with Crippen molar-refractivity contribution in [2.45, 2.75) is 6.42 Å². The van der Waals surface area contributed by atoms with Crippen LogP contribution in [0.15, 0.2) is 79.1 Å². The van der Waals surface area contributed by atoms with Gasteiger partial charge in [-0.2, -0.15) is 0 Å². The van der Waals surface area contributed by atoms with E-state index in [0.29, 0.717) is 17.1 Å². The lowest BCUT2D eigenvalue weighted by Gasteiger charge is -2.22. The molecule has 8 nitrogen and oxygen atoms in total. The first-order valence-electron chi connectivity index (χ1n) is 10.5. The van der Waals surface area contributed by atoms with Crippen LogP contribution >= 0.6 is 0 Å². The van der Waals surface area contributed by atoms with Crippen molar-refractivity contribution in [2.75, 3.05) is 28.4 Å². The third-order valence-electron chi connectivity index (χ3n) is 5.32. The van der Waals surface area contributed by atoms with Crippen molar-refractivity contribution >= 4 is 40.4 Å². The molecule has 0 bridgehead atoms. The molecule has 4 N–H and O–H groups in total. The Balaban J connectivity index is 1.25. The number of aromatic nitrogens is 2. The molecule has 0 saturated carbocycles. The molecule has 2 amide bonds. The Morgan fingerprint density at radius 1 is 0.909 bits per heavy atom. The van der Waals surface area contributed by atoms with E-state index >= 15 is 0 Å². The fourth-order valence-electron chi connectivity index (χ4n) is 3.68. The van der Waals surface area contributed by atoms with Gasteiger partial charge < -0.3 is 26.0 Å². The van der Waals surface area contributed by atoms with Crippen LogP contribution in [0.25, 0.3) is 0 Å². The second kappa shape index (κ2) is 8.88. The third-order valence-corrected chi connectivity index (χ3v) is 5.32. The van der Waals surface area contributed by atoms with Gasteiger partial charge in [0, 0.05) is 40.8 Å².